The van der Waals surface area contributed by atoms with Crippen LogP contribution in [0.4, 0.5) is 0 Å². The number of nitrogens with one attached hydrogen (secondary N) is 1. The summed E-state index contributed by atoms with van der Waals surface area (Å²) in [7, 11) is 0. The first-order valence-electron chi connectivity index (χ1n) is 7.85. The Morgan fingerprint density at radius 1 is 0.714 bits per heavy atom. The first kappa shape index (κ1) is 13.6. The van der Waals surface area contributed by atoms with Crippen molar-refractivity contribution in [2.45, 2.75) is 29.1 Å². The van der Waals surface area contributed by atoms with Crippen LogP contribution in [0.15, 0.2) is 60.7 Å². The van der Waals surface area contributed by atoms with Crippen LogP contribution >= 0.6 is 0 Å². The summed E-state index contributed by atoms with van der Waals surface area (Å²) >= 11 is 0.829. The maximum absolute atomic E-state index is 4.00. The molecule has 0 spiro atoms. The maximum atomic E-state index is 4.00. The zero-order chi connectivity index (χ0) is 14.1. The summed E-state index contributed by atoms with van der Waals surface area (Å²) in [6.45, 7) is 0. The third-order valence-electron chi connectivity index (χ3n) is 4.89. The van der Waals surface area contributed by atoms with Gasteiger partial charge in [0.25, 0.3) is 0 Å². The van der Waals surface area contributed by atoms with Gasteiger partial charge in [-0.1, -0.05) is 0 Å². The Morgan fingerprint density at radius 2 is 1.19 bits per heavy atom. The average molecular weight is 342 g/mol. The topological polar surface area (TPSA) is 12.0 Å². The molecule has 2 saturated heterocycles. The van der Waals surface area contributed by atoms with Gasteiger partial charge in [-0.3, -0.25) is 0 Å². The molecule has 1 nitrogen and oxygen atoms in total. The molecule has 0 aliphatic carbocycles. The van der Waals surface area contributed by atoms with Gasteiger partial charge in [0.05, 0.1) is 0 Å². The molecule has 2 heterocycles. The second-order valence-electron chi connectivity index (χ2n) is 6.24. The molecule has 1 N–H and O–H groups in total. The summed E-state index contributed by atoms with van der Waals surface area (Å²) in [6, 6.07) is 23.2. The minimum absolute atomic E-state index is 0.537. The summed E-state index contributed by atoms with van der Waals surface area (Å²) < 4.78 is 0. The molecule has 0 saturated carbocycles. The number of hydrogen-bond acceptors (Lipinski definition) is 1. The molecule has 2 aromatic rings. The van der Waals surface area contributed by atoms with E-state index in [1.165, 1.54) is 28.2 Å². The standard InChI is InChI=1S/C19H21NSe/c1-3-7-14(8-4-1)18-16-11-17(13-21-12-16)19(20-18)15-9-5-2-6-10-15/h1-10,16-20H,11-13H2/t16?,17?,18-,19+. The fourth-order valence-corrected chi connectivity index (χ4v) is 6.82. The van der Waals surface area contributed by atoms with Crippen LogP contribution in [-0.2, 0) is 0 Å². The van der Waals surface area contributed by atoms with Crippen molar-refractivity contribution in [3.63, 3.8) is 0 Å². The summed E-state index contributed by atoms with van der Waals surface area (Å²) in [4.78, 5) is 0. The fourth-order valence-electron chi connectivity index (χ4n) is 3.88. The summed E-state index contributed by atoms with van der Waals surface area (Å²) in [5.41, 5.74) is 2.94. The molecule has 2 aromatic carbocycles. The first-order valence-corrected chi connectivity index (χ1v) is 10.3. The molecule has 4 atom stereocenters. The zero-order valence-electron chi connectivity index (χ0n) is 12.1. The molecule has 2 aliphatic heterocycles. The number of hydrogen-bond donors (Lipinski definition) is 1. The Kier molecular flexibility index (Phi) is 3.85. The minimum atomic E-state index is 0.537. The summed E-state index contributed by atoms with van der Waals surface area (Å²) in [5.74, 6) is 1.68. The van der Waals surface area contributed by atoms with Gasteiger partial charge in [-0.25, -0.2) is 0 Å². The Labute approximate surface area is 133 Å². The number of benzene rings is 2. The molecule has 21 heavy (non-hydrogen) atoms. The first-order chi connectivity index (χ1) is 10.4. The van der Waals surface area contributed by atoms with E-state index in [0.717, 1.165) is 26.8 Å². The van der Waals surface area contributed by atoms with Gasteiger partial charge < -0.3 is 0 Å². The van der Waals surface area contributed by atoms with E-state index < -0.39 is 0 Å². The molecule has 2 fully saturated rings. The predicted molar refractivity (Wildman–Crippen MR) is 88.5 cm³/mol. The van der Waals surface area contributed by atoms with Gasteiger partial charge in [0, 0.05) is 0 Å². The van der Waals surface area contributed by atoms with Crippen LogP contribution in [-0.4, -0.2) is 15.0 Å². The third-order valence-corrected chi connectivity index (χ3v) is 7.67. The number of rotatable bonds is 2. The van der Waals surface area contributed by atoms with Gasteiger partial charge in [0.1, 0.15) is 0 Å². The number of fused-ring (bicyclic) bond motifs is 2. The van der Waals surface area contributed by atoms with Crippen LogP contribution in [0.25, 0.3) is 0 Å². The second-order valence-corrected chi connectivity index (χ2v) is 8.49. The fraction of sp³-hybridized carbons (Fsp3) is 0.368. The van der Waals surface area contributed by atoms with E-state index in [4.69, 9.17) is 0 Å². The van der Waals surface area contributed by atoms with Crippen LogP contribution in [0, 0.1) is 11.8 Å². The molecule has 0 aromatic heterocycles. The van der Waals surface area contributed by atoms with Crippen molar-refractivity contribution in [1.82, 2.24) is 5.32 Å². The van der Waals surface area contributed by atoms with Crippen molar-refractivity contribution >= 4 is 15.0 Å². The summed E-state index contributed by atoms with van der Waals surface area (Å²) in [5, 5.41) is 6.88. The van der Waals surface area contributed by atoms with Gasteiger partial charge in [-0.15, -0.1) is 0 Å². The van der Waals surface area contributed by atoms with Crippen molar-refractivity contribution in [2.24, 2.45) is 11.8 Å². The van der Waals surface area contributed by atoms with Crippen LogP contribution in [0.5, 0.6) is 0 Å². The molecule has 4 rings (SSSR count). The van der Waals surface area contributed by atoms with Crippen LogP contribution < -0.4 is 5.32 Å². The van der Waals surface area contributed by atoms with Crippen LogP contribution in [0.1, 0.15) is 29.6 Å². The molecule has 2 bridgehead atoms. The average Bonchev–Trinajstić information content (AvgIpc) is 2.57. The van der Waals surface area contributed by atoms with E-state index in [9.17, 15) is 0 Å². The molecule has 0 radical (unpaired) electrons. The van der Waals surface area contributed by atoms with E-state index in [0.29, 0.717) is 12.1 Å². The van der Waals surface area contributed by atoms with Gasteiger partial charge in [-0.2, -0.15) is 0 Å². The quantitative estimate of drug-likeness (QED) is 0.805. The van der Waals surface area contributed by atoms with Gasteiger partial charge in [-0.05, 0) is 0 Å². The predicted octanol–water partition coefficient (Wildman–Crippen LogP) is 4.25. The third kappa shape index (κ3) is 2.68. The molecule has 108 valence electrons. The van der Waals surface area contributed by atoms with Crippen molar-refractivity contribution < 1.29 is 0 Å². The Balaban J connectivity index is 1.66. The van der Waals surface area contributed by atoms with Gasteiger partial charge in [0.2, 0.25) is 0 Å². The van der Waals surface area contributed by atoms with Crippen LogP contribution in [0.3, 0.4) is 0 Å². The molecule has 2 heteroatoms. The van der Waals surface area contributed by atoms with Crippen molar-refractivity contribution in [1.29, 1.82) is 0 Å². The SMILES string of the molecule is c1ccc([C@H]2N[C@@H](c3ccccc3)C3C[Se]CC2C3)cc1. The van der Waals surface area contributed by atoms with E-state index in [2.05, 4.69) is 66.0 Å². The Bertz CT molecular complexity index is 532. The second kappa shape index (κ2) is 5.96. The molecule has 2 aliphatic rings. The number of piperidine rings is 1. The van der Waals surface area contributed by atoms with E-state index in [1.807, 2.05) is 0 Å². The molecular formula is C19H21NSe. The van der Waals surface area contributed by atoms with Crippen molar-refractivity contribution in [2.75, 3.05) is 0 Å². The zero-order valence-corrected chi connectivity index (χ0v) is 13.8. The van der Waals surface area contributed by atoms with E-state index in [-0.39, 0.29) is 0 Å². The van der Waals surface area contributed by atoms with Crippen LogP contribution in [0.2, 0.25) is 10.6 Å². The molecule has 0 amide bonds. The Hall–Kier alpha value is -1.08. The normalized spacial score (nSPS) is 31.8. The summed E-state index contributed by atoms with van der Waals surface area (Å²) in [6.07, 6.45) is 1.40. The van der Waals surface area contributed by atoms with E-state index >= 15 is 0 Å². The van der Waals surface area contributed by atoms with E-state index in [1.54, 1.807) is 0 Å². The van der Waals surface area contributed by atoms with Crippen molar-refractivity contribution in [3.05, 3.63) is 71.8 Å². The van der Waals surface area contributed by atoms with Crippen molar-refractivity contribution in [3.8, 4) is 0 Å². The van der Waals surface area contributed by atoms with Gasteiger partial charge >= 0.3 is 133 Å². The molecule has 2 unspecified atom stereocenters. The van der Waals surface area contributed by atoms with Gasteiger partial charge in [0.15, 0.2) is 0 Å². The monoisotopic (exact) mass is 343 g/mol. The molecular weight excluding hydrogens is 321 g/mol. The Morgan fingerprint density at radius 3 is 1.67 bits per heavy atom.